The molecule has 0 saturated carbocycles. The third-order valence-electron chi connectivity index (χ3n) is 2.24. The fraction of sp³-hybridized carbons (Fsp3) is 0.500. The summed E-state index contributed by atoms with van der Waals surface area (Å²) >= 11 is 0. The highest BCUT2D eigenvalue weighted by atomic mass is 16.7. The lowest BCUT2D eigenvalue weighted by atomic mass is 10.1. The number of benzene rings is 1. The van der Waals surface area contributed by atoms with Gasteiger partial charge in [0.1, 0.15) is 2.74 Å². The second-order valence-electron chi connectivity index (χ2n) is 3.57. The van der Waals surface area contributed by atoms with Crippen molar-refractivity contribution in [3.63, 3.8) is 0 Å². The van der Waals surface area contributed by atoms with Crippen molar-refractivity contribution in [3.8, 4) is 11.5 Å². The quantitative estimate of drug-likeness (QED) is 0.825. The second kappa shape index (κ2) is 4.53. The number of hydrogen-bond donors (Lipinski definition) is 1. The molecular formula is C12H17NO2. The van der Waals surface area contributed by atoms with Gasteiger partial charge < -0.3 is 14.8 Å². The molecule has 1 heterocycles. The molecule has 1 unspecified atom stereocenters. The smallest absolute Gasteiger partial charge is 0.231 e. The monoisotopic (exact) mass is 211 g/mol. The molecule has 0 aliphatic carbocycles. The van der Waals surface area contributed by atoms with Crippen LogP contribution in [0.5, 0.6) is 11.5 Å². The standard InChI is InChI=1S/C12H17NO2/c1-3-13-9(2)6-10-4-5-11-12(7-10)15-8-14-11/h4-5,7,9,13H,3,6,8H2,1-2H3/i3D2,8D2. The van der Waals surface area contributed by atoms with Crippen molar-refractivity contribution in [1.29, 1.82) is 0 Å². The summed E-state index contributed by atoms with van der Waals surface area (Å²) in [4.78, 5) is 0. The average Bonchev–Trinajstić information content (AvgIpc) is 2.47. The third kappa shape index (κ3) is 2.42. The number of nitrogens with one attached hydrogen (secondary N) is 1. The van der Waals surface area contributed by atoms with E-state index in [1.165, 1.54) is 6.92 Å². The number of likely N-dealkylation sites (N-methyl/N-ethyl adjacent to an activating group) is 1. The van der Waals surface area contributed by atoms with E-state index >= 15 is 0 Å². The topological polar surface area (TPSA) is 30.5 Å². The van der Waals surface area contributed by atoms with Crippen LogP contribution < -0.4 is 14.8 Å². The highest BCUT2D eigenvalue weighted by Crippen LogP contribution is 2.32. The van der Waals surface area contributed by atoms with Gasteiger partial charge in [0.2, 0.25) is 6.75 Å². The zero-order valence-corrected chi connectivity index (χ0v) is 8.83. The van der Waals surface area contributed by atoms with E-state index in [0.717, 1.165) is 5.56 Å². The van der Waals surface area contributed by atoms with Crippen LogP contribution >= 0.6 is 0 Å². The summed E-state index contributed by atoms with van der Waals surface area (Å²) in [6, 6.07) is 5.18. The Morgan fingerprint density at radius 1 is 1.53 bits per heavy atom. The van der Waals surface area contributed by atoms with Gasteiger partial charge in [-0.3, -0.25) is 0 Å². The zero-order valence-electron chi connectivity index (χ0n) is 12.8. The molecule has 1 atom stereocenters. The van der Waals surface area contributed by atoms with E-state index < -0.39 is 13.2 Å². The van der Waals surface area contributed by atoms with Crippen LogP contribution in [-0.2, 0) is 6.42 Å². The van der Waals surface area contributed by atoms with Crippen LogP contribution in [0.2, 0.25) is 0 Å². The predicted molar refractivity (Wildman–Crippen MR) is 59.4 cm³/mol. The number of hydrogen-bond acceptors (Lipinski definition) is 3. The molecule has 1 N–H and O–H groups in total. The van der Waals surface area contributed by atoms with E-state index in [-0.39, 0.29) is 6.04 Å². The van der Waals surface area contributed by atoms with Gasteiger partial charge in [0.25, 0.3) is 0 Å². The summed E-state index contributed by atoms with van der Waals surface area (Å²) in [7, 11) is 0. The molecule has 0 spiro atoms. The average molecular weight is 211 g/mol. The van der Waals surface area contributed by atoms with Crippen molar-refractivity contribution < 1.29 is 15.0 Å². The SMILES string of the molecule is [2H]C([2H])(C)NC(C)Cc1ccc2c(c1)OC([2H])([2H])O2. The summed E-state index contributed by atoms with van der Waals surface area (Å²) < 4.78 is 39.7. The number of rotatable bonds is 4. The van der Waals surface area contributed by atoms with Crippen LogP contribution in [0.3, 0.4) is 0 Å². The van der Waals surface area contributed by atoms with Crippen molar-refractivity contribution >= 4 is 0 Å². The molecule has 2 rings (SSSR count). The van der Waals surface area contributed by atoms with E-state index in [0.29, 0.717) is 17.9 Å². The molecule has 0 radical (unpaired) electrons. The Hall–Kier alpha value is -1.22. The highest BCUT2D eigenvalue weighted by Gasteiger charge is 2.13. The first-order valence-corrected chi connectivity index (χ1v) is 4.93. The first kappa shape index (κ1) is 6.38. The van der Waals surface area contributed by atoms with E-state index in [9.17, 15) is 0 Å². The van der Waals surface area contributed by atoms with Crippen LogP contribution in [0.1, 0.15) is 24.9 Å². The Morgan fingerprint density at radius 2 is 2.33 bits per heavy atom. The minimum atomic E-state index is -2.11. The summed E-state index contributed by atoms with van der Waals surface area (Å²) in [5.74, 6) is 0.773. The summed E-state index contributed by atoms with van der Waals surface area (Å²) in [6.07, 6.45) is 0.618. The maximum absolute atomic E-state index is 7.46. The number of fused-ring (bicyclic) bond motifs is 1. The van der Waals surface area contributed by atoms with E-state index in [1.54, 1.807) is 12.1 Å². The Morgan fingerprint density at radius 3 is 3.13 bits per heavy atom. The molecule has 0 bridgehead atoms. The van der Waals surface area contributed by atoms with Gasteiger partial charge in [0, 0.05) is 8.78 Å². The van der Waals surface area contributed by atoms with Crippen LogP contribution in [-0.4, -0.2) is 19.3 Å². The Kier molecular flexibility index (Phi) is 1.93. The van der Waals surface area contributed by atoms with Gasteiger partial charge in [-0.2, -0.15) is 0 Å². The first-order chi connectivity index (χ1) is 8.65. The van der Waals surface area contributed by atoms with E-state index in [4.69, 9.17) is 15.0 Å². The molecule has 0 saturated heterocycles. The zero-order chi connectivity index (χ0) is 14.3. The highest BCUT2D eigenvalue weighted by molar-refractivity contribution is 5.44. The largest absolute Gasteiger partial charge is 0.454 e. The molecular weight excluding hydrogens is 190 g/mol. The molecule has 15 heavy (non-hydrogen) atoms. The Labute approximate surface area is 96.0 Å². The van der Waals surface area contributed by atoms with Gasteiger partial charge in [-0.05, 0) is 37.5 Å². The van der Waals surface area contributed by atoms with Crippen molar-refractivity contribution in [1.82, 2.24) is 5.32 Å². The molecule has 82 valence electrons. The van der Waals surface area contributed by atoms with E-state index in [2.05, 4.69) is 5.32 Å². The van der Waals surface area contributed by atoms with Gasteiger partial charge in [-0.25, -0.2) is 0 Å². The van der Waals surface area contributed by atoms with Gasteiger partial charge in [-0.1, -0.05) is 13.0 Å². The van der Waals surface area contributed by atoms with Crippen LogP contribution in [0.25, 0.3) is 0 Å². The fourth-order valence-corrected chi connectivity index (χ4v) is 1.61. The lowest BCUT2D eigenvalue weighted by Crippen LogP contribution is -2.27. The van der Waals surface area contributed by atoms with Crippen LogP contribution in [0.4, 0.5) is 0 Å². The van der Waals surface area contributed by atoms with Gasteiger partial charge in [0.05, 0.1) is 0 Å². The van der Waals surface area contributed by atoms with Gasteiger partial charge in [0.15, 0.2) is 11.5 Å². The third-order valence-corrected chi connectivity index (χ3v) is 2.24. The lowest BCUT2D eigenvalue weighted by molar-refractivity contribution is 0.174. The minimum absolute atomic E-state index is 0.0443. The molecule has 1 aliphatic heterocycles. The maximum atomic E-state index is 7.46. The Bertz CT molecular complexity index is 473. The lowest BCUT2D eigenvalue weighted by Gasteiger charge is -2.12. The molecule has 1 aromatic carbocycles. The molecule has 3 heteroatoms. The molecule has 0 amide bonds. The normalized spacial score (nSPS) is 23.6. The summed E-state index contributed by atoms with van der Waals surface area (Å²) in [6.45, 7) is -0.165. The fourth-order valence-electron chi connectivity index (χ4n) is 1.61. The maximum Gasteiger partial charge on any atom is 0.231 e. The summed E-state index contributed by atoms with van der Waals surface area (Å²) in [5.41, 5.74) is 0.935. The molecule has 1 aliphatic rings. The minimum Gasteiger partial charge on any atom is -0.454 e. The molecule has 0 aromatic heterocycles. The van der Waals surface area contributed by atoms with Crippen molar-refractivity contribution in [2.45, 2.75) is 26.3 Å². The molecule has 3 nitrogen and oxygen atoms in total. The van der Waals surface area contributed by atoms with Crippen molar-refractivity contribution in [3.05, 3.63) is 23.8 Å². The molecule has 1 aromatic rings. The number of ether oxygens (including phenoxy) is 2. The first-order valence-electron chi connectivity index (χ1n) is 6.93. The molecule has 0 fully saturated rings. The van der Waals surface area contributed by atoms with Crippen molar-refractivity contribution in [2.24, 2.45) is 0 Å². The second-order valence-corrected chi connectivity index (χ2v) is 3.57. The van der Waals surface area contributed by atoms with Crippen LogP contribution in [0, 0.1) is 0 Å². The van der Waals surface area contributed by atoms with Gasteiger partial charge >= 0.3 is 0 Å². The van der Waals surface area contributed by atoms with E-state index in [1.807, 2.05) is 13.0 Å². The Balaban J connectivity index is 2.04. The van der Waals surface area contributed by atoms with Crippen molar-refractivity contribution in [2.75, 3.05) is 13.2 Å². The van der Waals surface area contributed by atoms with Crippen LogP contribution in [0.15, 0.2) is 18.2 Å². The summed E-state index contributed by atoms with van der Waals surface area (Å²) in [5, 5.41) is 2.84. The predicted octanol–water partition coefficient (Wildman–Crippen LogP) is 1.96. The van der Waals surface area contributed by atoms with Gasteiger partial charge in [-0.15, -0.1) is 0 Å².